The number of aromatic nitrogens is 3. The van der Waals surface area contributed by atoms with Crippen LogP contribution in [0.3, 0.4) is 0 Å². The van der Waals surface area contributed by atoms with Crippen molar-refractivity contribution in [3.8, 4) is 0 Å². The van der Waals surface area contributed by atoms with Gasteiger partial charge in [-0.15, -0.1) is 0 Å². The Morgan fingerprint density at radius 2 is 1.84 bits per heavy atom. The molecule has 3 aromatic rings. The van der Waals surface area contributed by atoms with Crippen LogP contribution in [0.15, 0.2) is 47.3 Å². The number of benzene rings is 1. The predicted octanol–water partition coefficient (Wildman–Crippen LogP) is 1.87. The van der Waals surface area contributed by atoms with E-state index in [9.17, 15) is 10.2 Å². The summed E-state index contributed by atoms with van der Waals surface area (Å²) in [6.07, 6.45) is 4.34. The maximum atomic E-state index is 10.7. The van der Waals surface area contributed by atoms with Crippen molar-refractivity contribution < 1.29 is 10.2 Å². The van der Waals surface area contributed by atoms with Crippen molar-refractivity contribution in [1.82, 2.24) is 25.2 Å². The molecule has 1 aliphatic carbocycles. The highest BCUT2D eigenvalue weighted by Crippen LogP contribution is 2.39. The number of rotatable bonds is 10. The van der Waals surface area contributed by atoms with E-state index >= 15 is 0 Å². The fraction of sp³-hybridized carbons (Fsp3) is 0.478. The second kappa shape index (κ2) is 10.7. The lowest BCUT2D eigenvalue weighted by Crippen LogP contribution is -2.34. The van der Waals surface area contributed by atoms with Crippen LogP contribution >= 0.6 is 15.9 Å². The number of nitrogen functional groups attached to an aromatic ring is 1. The van der Waals surface area contributed by atoms with Crippen LogP contribution in [0.5, 0.6) is 0 Å². The average molecular weight is 503 g/mol. The van der Waals surface area contributed by atoms with Gasteiger partial charge in [0.25, 0.3) is 0 Å². The maximum Gasteiger partial charge on any atom is 0.146 e. The van der Waals surface area contributed by atoms with E-state index < -0.39 is 12.2 Å². The lowest BCUT2D eigenvalue weighted by Gasteiger charge is -2.19. The van der Waals surface area contributed by atoms with E-state index in [1.54, 1.807) is 0 Å². The summed E-state index contributed by atoms with van der Waals surface area (Å²) in [6, 6.07) is 10.2. The van der Waals surface area contributed by atoms with Gasteiger partial charge in [-0.2, -0.15) is 0 Å². The molecule has 0 radical (unpaired) electrons. The molecule has 1 aromatic carbocycles. The molecule has 172 valence electrons. The number of nitrogens with zero attached hydrogens (tertiary/aromatic N) is 3. The third kappa shape index (κ3) is 5.13. The number of fused-ring (bicyclic) bond motifs is 1. The van der Waals surface area contributed by atoms with Crippen molar-refractivity contribution in [1.29, 1.82) is 0 Å². The monoisotopic (exact) mass is 502 g/mol. The van der Waals surface area contributed by atoms with Gasteiger partial charge in [-0.05, 0) is 60.4 Å². The molecule has 32 heavy (non-hydrogen) atoms. The van der Waals surface area contributed by atoms with Gasteiger partial charge in [-0.3, -0.25) is 0 Å². The van der Waals surface area contributed by atoms with Crippen molar-refractivity contribution in [2.24, 2.45) is 5.92 Å². The fourth-order valence-electron chi connectivity index (χ4n) is 4.52. The predicted molar refractivity (Wildman–Crippen MR) is 129 cm³/mol. The van der Waals surface area contributed by atoms with E-state index in [0.717, 1.165) is 42.3 Å². The lowest BCUT2D eigenvalue weighted by atomic mass is 10.1. The summed E-state index contributed by atoms with van der Waals surface area (Å²) in [4.78, 5) is 8.39. The summed E-state index contributed by atoms with van der Waals surface area (Å²) in [5, 5.41) is 29.0. The minimum Gasteiger partial charge on any atom is -0.390 e. The molecule has 0 spiro atoms. The summed E-state index contributed by atoms with van der Waals surface area (Å²) in [6.45, 7) is 3.44. The quantitative estimate of drug-likeness (QED) is 0.268. The van der Waals surface area contributed by atoms with Gasteiger partial charge >= 0.3 is 0 Å². The van der Waals surface area contributed by atoms with Crippen LogP contribution in [0, 0.1) is 5.92 Å². The lowest BCUT2D eigenvalue weighted by molar-refractivity contribution is 0.00693. The summed E-state index contributed by atoms with van der Waals surface area (Å²) in [5.74, 6) is 0.362. The topological polar surface area (TPSA) is 121 Å². The molecule has 2 heterocycles. The first-order chi connectivity index (χ1) is 15.6. The third-order valence-corrected chi connectivity index (χ3v) is 6.87. The van der Waals surface area contributed by atoms with E-state index in [4.69, 9.17) is 5.73 Å². The summed E-state index contributed by atoms with van der Waals surface area (Å²) < 4.78 is 2.69. The Hall–Kier alpha value is -2.04. The number of nitrogens with two attached hydrogens (primary N) is 1. The highest BCUT2D eigenvalue weighted by Gasteiger charge is 2.42. The fourth-order valence-corrected chi connectivity index (χ4v) is 5.12. The van der Waals surface area contributed by atoms with Gasteiger partial charge in [0, 0.05) is 23.1 Å². The van der Waals surface area contributed by atoms with E-state index in [2.05, 4.69) is 60.8 Å². The third-order valence-electron chi connectivity index (χ3n) is 6.27. The number of nitrogens with one attached hydrogen (secondary N) is 2. The Bertz CT molecular complexity index is 1010. The van der Waals surface area contributed by atoms with Crippen molar-refractivity contribution >= 4 is 32.8 Å². The Kier molecular flexibility index (Phi) is 7.75. The molecular weight excluding hydrogens is 472 g/mol. The number of hydrogen-bond acceptors (Lipinski definition) is 7. The van der Waals surface area contributed by atoms with Crippen LogP contribution in [0.1, 0.15) is 24.4 Å². The largest absolute Gasteiger partial charge is 0.390 e. The molecule has 0 aliphatic heterocycles. The van der Waals surface area contributed by atoms with Gasteiger partial charge in [0.05, 0.1) is 17.5 Å². The molecule has 1 saturated carbocycles. The number of halogens is 1. The van der Waals surface area contributed by atoms with E-state index in [1.165, 1.54) is 11.9 Å². The molecule has 2 aromatic heterocycles. The van der Waals surface area contributed by atoms with Gasteiger partial charge in [0.2, 0.25) is 0 Å². The molecule has 8 nitrogen and oxygen atoms in total. The van der Waals surface area contributed by atoms with Gasteiger partial charge in [0.1, 0.15) is 23.9 Å². The smallest absolute Gasteiger partial charge is 0.146 e. The van der Waals surface area contributed by atoms with Crippen LogP contribution in [-0.2, 0) is 6.42 Å². The van der Waals surface area contributed by atoms with Crippen LogP contribution in [0.2, 0.25) is 0 Å². The minimum atomic E-state index is -0.861. The molecule has 9 heteroatoms. The normalized spacial score (nSPS) is 23.2. The van der Waals surface area contributed by atoms with Gasteiger partial charge < -0.3 is 31.1 Å². The Morgan fingerprint density at radius 1 is 1.06 bits per heavy atom. The first-order valence-corrected chi connectivity index (χ1v) is 11.9. The molecule has 6 N–H and O–H groups in total. The van der Waals surface area contributed by atoms with Crippen LogP contribution in [0.4, 0.5) is 5.82 Å². The van der Waals surface area contributed by atoms with E-state index in [-0.39, 0.29) is 12.0 Å². The standard InChI is InChI=1S/C23H31BrN6O2/c24-17-13-30(23-19(17)22(25)28-14-29-23)18-11-16(20(31)21(18)32)12-27-9-4-8-26-10-7-15-5-2-1-3-6-15/h1-3,5-6,13-14,16,18,20-21,26-27,31-32H,4,7-12H2,(H2,25,28,29)/t16-,18-,20-,21+/m1/s1. The van der Waals surface area contributed by atoms with Crippen LogP contribution < -0.4 is 16.4 Å². The second-order valence-corrected chi connectivity index (χ2v) is 9.28. The zero-order chi connectivity index (χ0) is 22.5. The first-order valence-electron chi connectivity index (χ1n) is 11.1. The maximum absolute atomic E-state index is 10.7. The van der Waals surface area contributed by atoms with Gasteiger partial charge in [-0.1, -0.05) is 30.3 Å². The minimum absolute atomic E-state index is 0.0311. The number of aliphatic hydroxyl groups excluding tert-OH is 2. The van der Waals surface area contributed by atoms with Crippen molar-refractivity contribution in [2.75, 3.05) is 31.9 Å². The van der Waals surface area contributed by atoms with Gasteiger partial charge in [0.15, 0.2) is 0 Å². The highest BCUT2D eigenvalue weighted by atomic mass is 79.9. The summed E-state index contributed by atoms with van der Waals surface area (Å²) >= 11 is 3.51. The summed E-state index contributed by atoms with van der Waals surface area (Å²) in [5.41, 5.74) is 8.00. The SMILES string of the molecule is Nc1ncnc2c1c(Br)cn2[C@@H]1C[C@H](CNCCCNCCc2ccccc2)[C@@H](O)[C@H]1O. The van der Waals surface area contributed by atoms with E-state index in [0.29, 0.717) is 24.4 Å². The molecule has 0 unspecified atom stereocenters. The Morgan fingerprint density at radius 3 is 2.66 bits per heavy atom. The number of hydrogen-bond donors (Lipinski definition) is 5. The molecule has 1 aliphatic rings. The van der Waals surface area contributed by atoms with Crippen molar-refractivity contribution in [3.05, 3.63) is 52.9 Å². The van der Waals surface area contributed by atoms with Crippen molar-refractivity contribution in [2.45, 2.75) is 37.5 Å². The molecule has 0 bridgehead atoms. The van der Waals surface area contributed by atoms with Crippen LogP contribution in [-0.4, -0.2) is 63.1 Å². The molecule has 0 saturated heterocycles. The average Bonchev–Trinajstić information content (AvgIpc) is 3.28. The van der Waals surface area contributed by atoms with Crippen LogP contribution in [0.25, 0.3) is 11.0 Å². The zero-order valence-electron chi connectivity index (χ0n) is 18.0. The van der Waals surface area contributed by atoms with Crippen molar-refractivity contribution in [3.63, 3.8) is 0 Å². The highest BCUT2D eigenvalue weighted by molar-refractivity contribution is 9.10. The number of anilines is 1. The molecule has 1 fully saturated rings. The Balaban J connectivity index is 1.22. The molecule has 4 rings (SSSR count). The zero-order valence-corrected chi connectivity index (χ0v) is 19.6. The Labute approximate surface area is 196 Å². The molecule has 4 atom stereocenters. The summed E-state index contributed by atoms with van der Waals surface area (Å²) in [7, 11) is 0. The number of aliphatic hydroxyl groups is 2. The second-order valence-electron chi connectivity index (χ2n) is 8.43. The first kappa shape index (κ1) is 23.1. The van der Waals surface area contributed by atoms with Gasteiger partial charge in [-0.25, -0.2) is 9.97 Å². The molecular formula is C23H31BrN6O2. The molecule has 0 amide bonds. The van der Waals surface area contributed by atoms with E-state index in [1.807, 2.05) is 16.8 Å².